The zero-order chi connectivity index (χ0) is 14.4. The maximum absolute atomic E-state index is 12.0. The molecule has 102 valence electrons. The molecule has 1 heterocycles. The average molecular weight is 280 g/mol. The van der Waals surface area contributed by atoms with Gasteiger partial charge in [0.1, 0.15) is 10.7 Å². The average Bonchev–Trinajstić information content (AvgIpc) is 2.43. The molecule has 0 aliphatic heterocycles. The Kier molecular flexibility index (Phi) is 5.37. The van der Waals surface area contributed by atoms with Crippen LogP contribution in [0.25, 0.3) is 0 Å². The molecule has 0 bridgehead atoms. The standard InChI is InChI=1S/C12H16N4O2S/c1-14-10(17)5-6-16(2)12(18)9-4-3-8(7-15-9)11(13)19/h3-4,7H,5-6H2,1-2H3,(H2,13,19)(H,14,17). The molecule has 0 spiro atoms. The van der Waals surface area contributed by atoms with E-state index in [-0.39, 0.29) is 23.2 Å². The Morgan fingerprint density at radius 2 is 2.16 bits per heavy atom. The SMILES string of the molecule is CNC(=O)CCN(C)C(=O)c1ccc(C(N)=S)cn1. The molecule has 6 nitrogen and oxygen atoms in total. The highest BCUT2D eigenvalue weighted by Gasteiger charge is 2.14. The van der Waals surface area contributed by atoms with E-state index in [1.165, 1.54) is 11.1 Å². The van der Waals surface area contributed by atoms with Crippen molar-refractivity contribution in [2.75, 3.05) is 20.6 Å². The van der Waals surface area contributed by atoms with Crippen LogP contribution in [0.2, 0.25) is 0 Å². The van der Waals surface area contributed by atoms with Gasteiger partial charge in [-0.2, -0.15) is 0 Å². The molecule has 1 rings (SSSR count). The summed E-state index contributed by atoms with van der Waals surface area (Å²) in [5.74, 6) is -0.366. The number of nitrogens with two attached hydrogens (primary N) is 1. The number of aromatic nitrogens is 1. The van der Waals surface area contributed by atoms with E-state index < -0.39 is 0 Å². The Morgan fingerprint density at radius 3 is 2.63 bits per heavy atom. The molecule has 3 N–H and O–H groups in total. The van der Waals surface area contributed by atoms with Gasteiger partial charge in [0.15, 0.2) is 0 Å². The van der Waals surface area contributed by atoms with Gasteiger partial charge in [-0.25, -0.2) is 0 Å². The molecule has 19 heavy (non-hydrogen) atoms. The predicted molar refractivity (Wildman–Crippen MR) is 75.8 cm³/mol. The number of nitrogens with zero attached hydrogens (tertiary/aromatic N) is 2. The topological polar surface area (TPSA) is 88.3 Å². The summed E-state index contributed by atoms with van der Waals surface area (Å²) < 4.78 is 0. The molecule has 0 atom stereocenters. The van der Waals surface area contributed by atoms with Crippen LogP contribution in [0, 0.1) is 0 Å². The minimum atomic E-state index is -0.251. The van der Waals surface area contributed by atoms with Crippen LogP contribution in [0.4, 0.5) is 0 Å². The lowest BCUT2D eigenvalue weighted by Crippen LogP contribution is -2.31. The molecule has 0 aromatic carbocycles. The van der Waals surface area contributed by atoms with Crippen molar-refractivity contribution >= 4 is 29.0 Å². The molecule has 0 aliphatic carbocycles. The first-order valence-corrected chi connectivity index (χ1v) is 6.08. The first kappa shape index (κ1) is 15.0. The lowest BCUT2D eigenvalue weighted by Gasteiger charge is -2.16. The highest BCUT2D eigenvalue weighted by molar-refractivity contribution is 7.80. The normalized spacial score (nSPS) is 9.79. The van der Waals surface area contributed by atoms with Gasteiger partial charge in [0.2, 0.25) is 5.91 Å². The van der Waals surface area contributed by atoms with Crippen molar-refractivity contribution in [1.82, 2.24) is 15.2 Å². The zero-order valence-electron chi connectivity index (χ0n) is 10.8. The van der Waals surface area contributed by atoms with E-state index in [4.69, 9.17) is 18.0 Å². The van der Waals surface area contributed by atoms with Crippen LogP contribution in [-0.2, 0) is 4.79 Å². The summed E-state index contributed by atoms with van der Waals surface area (Å²) >= 11 is 4.80. The van der Waals surface area contributed by atoms with Crippen LogP contribution in [-0.4, -0.2) is 47.3 Å². The molecular weight excluding hydrogens is 264 g/mol. The summed E-state index contributed by atoms with van der Waals surface area (Å²) in [5, 5.41) is 2.50. The molecular formula is C12H16N4O2S. The number of thiocarbonyl (C=S) groups is 1. The van der Waals surface area contributed by atoms with Crippen molar-refractivity contribution in [3.8, 4) is 0 Å². The summed E-state index contributed by atoms with van der Waals surface area (Å²) in [5.41, 5.74) is 6.35. The molecule has 2 amide bonds. The van der Waals surface area contributed by atoms with Gasteiger partial charge >= 0.3 is 0 Å². The van der Waals surface area contributed by atoms with Crippen molar-refractivity contribution in [2.45, 2.75) is 6.42 Å². The fraction of sp³-hybridized carbons (Fsp3) is 0.333. The Hall–Kier alpha value is -2.02. The number of hydrogen-bond donors (Lipinski definition) is 2. The molecule has 0 unspecified atom stereocenters. The summed E-state index contributed by atoms with van der Waals surface area (Å²) in [6, 6.07) is 3.21. The van der Waals surface area contributed by atoms with E-state index in [2.05, 4.69) is 10.3 Å². The molecule has 1 aromatic rings. The monoisotopic (exact) mass is 280 g/mol. The smallest absolute Gasteiger partial charge is 0.272 e. The lowest BCUT2D eigenvalue weighted by molar-refractivity contribution is -0.120. The molecule has 1 aromatic heterocycles. The van der Waals surface area contributed by atoms with Crippen LogP contribution in [0.1, 0.15) is 22.5 Å². The van der Waals surface area contributed by atoms with Gasteiger partial charge < -0.3 is 16.0 Å². The quantitative estimate of drug-likeness (QED) is 0.737. The van der Waals surface area contributed by atoms with E-state index in [9.17, 15) is 9.59 Å². The van der Waals surface area contributed by atoms with Crippen LogP contribution in [0.5, 0.6) is 0 Å². The Bertz CT molecular complexity index is 487. The number of pyridine rings is 1. The lowest BCUT2D eigenvalue weighted by atomic mass is 10.2. The van der Waals surface area contributed by atoms with Gasteiger partial charge in [0.25, 0.3) is 5.91 Å². The second-order valence-corrected chi connectivity index (χ2v) is 4.39. The summed E-state index contributed by atoms with van der Waals surface area (Å²) in [7, 11) is 3.18. The van der Waals surface area contributed by atoms with Crippen LogP contribution < -0.4 is 11.1 Å². The number of rotatable bonds is 5. The first-order chi connectivity index (χ1) is 8.95. The maximum Gasteiger partial charge on any atom is 0.272 e. The van der Waals surface area contributed by atoms with Crippen molar-refractivity contribution in [2.24, 2.45) is 5.73 Å². The third-order valence-electron chi connectivity index (χ3n) is 2.57. The van der Waals surface area contributed by atoms with Crippen LogP contribution in [0.15, 0.2) is 18.3 Å². The van der Waals surface area contributed by atoms with Crippen LogP contribution in [0.3, 0.4) is 0 Å². The Balaban J connectivity index is 2.66. The molecule has 0 saturated carbocycles. The highest BCUT2D eigenvalue weighted by atomic mass is 32.1. The van der Waals surface area contributed by atoms with E-state index in [1.807, 2.05) is 0 Å². The van der Waals surface area contributed by atoms with Crippen molar-refractivity contribution < 1.29 is 9.59 Å². The van der Waals surface area contributed by atoms with E-state index in [1.54, 1.807) is 26.2 Å². The second-order valence-electron chi connectivity index (χ2n) is 3.95. The maximum atomic E-state index is 12.0. The minimum absolute atomic E-state index is 0.114. The van der Waals surface area contributed by atoms with Gasteiger partial charge in [-0.15, -0.1) is 0 Å². The summed E-state index contributed by atoms with van der Waals surface area (Å²) in [4.78, 5) is 28.8. The van der Waals surface area contributed by atoms with Crippen molar-refractivity contribution in [3.63, 3.8) is 0 Å². The highest BCUT2D eigenvalue weighted by Crippen LogP contribution is 2.04. The van der Waals surface area contributed by atoms with Crippen molar-refractivity contribution in [3.05, 3.63) is 29.6 Å². The van der Waals surface area contributed by atoms with E-state index in [0.29, 0.717) is 17.8 Å². The summed E-state index contributed by atoms with van der Waals surface area (Å²) in [6.07, 6.45) is 1.71. The Morgan fingerprint density at radius 1 is 1.47 bits per heavy atom. The molecule has 0 aliphatic rings. The molecule has 0 saturated heterocycles. The molecule has 0 fully saturated rings. The number of carbonyl (C=O) groups excluding carboxylic acids is 2. The van der Waals surface area contributed by atoms with Gasteiger partial charge in [-0.3, -0.25) is 14.6 Å². The third kappa shape index (κ3) is 4.29. The molecule has 7 heteroatoms. The number of nitrogens with one attached hydrogen (secondary N) is 1. The van der Waals surface area contributed by atoms with E-state index >= 15 is 0 Å². The summed E-state index contributed by atoms with van der Waals surface area (Å²) in [6.45, 7) is 0.331. The van der Waals surface area contributed by atoms with Crippen LogP contribution >= 0.6 is 12.2 Å². The third-order valence-corrected chi connectivity index (χ3v) is 2.80. The van der Waals surface area contributed by atoms with E-state index in [0.717, 1.165) is 0 Å². The van der Waals surface area contributed by atoms with Gasteiger partial charge in [-0.05, 0) is 12.1 Å². The Labute approximate surface area is 117 Å². The first-order valence-electron chi connectivity index (χ1n) is 5.67. The predicted octanol–water partition coefficient (Wildman–Crippen LogP) is -0.0761. The number of amides is 2. The molecule has 0 radical (unpaired) electrons. The zero-order valence-corrected chi connectivity index (χ0v) is 11.7. The minimum Gasteiger partial charge on any atom is -0.389 e. The van der Waals surface area contributed by atoms with Crippen molar-refractivity contribution in [1.29, 1.82) is 0 Å². The fourth-order valence-corrected chi connectivity index (χ4v) is 1.48. The van der Waals surface area contributed by atoms with Gasteiger partial charge in [-0.1, -0.05) is 12.2 Å². The van der Waals surface area contributed by atoms with Gasteiger partial charge in [0, 0.05) is 38.8 Å². The van der Waals surface area contributed by atoms with Gasteiger partial charge in [0.05, 0.1) is 0 Å². The number of hydrogen-bond acceptors (Lipinski definition) is 4. The fourth-order valence-electron chi connectivity index (χ4n) is 1.36. The number of carbonyl (C=O) groups is 2. The second kappa shape index (κ2) is 6.79. The largest absolute Gasteiger partial charge is 0.389 e.